The molecule has 1 unspecified atom stereocenters. The molecular formula is C23H15Cl3N2O3. The monoisotopic (exact) mass is 472 g/mol. The minimum atomic E-state index is -1.08. The highest BCUT2D eigenvalue weighted by atomic mass is 35.5. The molecule has 8 heteroatoms. The number of hydrogen-bond donors (Lipinski definition) is 1. The molecule has 31 heavy (non-hydrogen) atoms. The predicted molar refractivity (Wildman–Crippen MR) is 121 cm³/mol. The second-order valence-electron chi connectivity index (χ2n) is 6.99. The van der Waals surface area contributed by atoms with Gasteiger partial charge < -0.3 is 5.32 Å². The Kier molecular flexibility index (Phi) is 6.01. The van der Waals surface area contributed by atoms with Crippen LogP contribution < -0.4 is 5.32 Å². The summed E-state index contributed by atoms with van der Waals surface area (Å²) in [6.45, 7) is 0. The summed E-state index contributed by atoms with van der Waals surface area (Å²) in [5.74, 6) is -1.69. The van der Waals surface area contributed by atoms with Gasteiger partial charge in [-0.3, -0.25) is 19.3 Å². The highest BCUT2D eigenvalue weighted by Gasteiger charge is 2.43. The van der Waals surface area contributed by atoms with Crippen molar-refractivity contribution in [3.63, 3.8) is 0 Å². The number of imide groups is 1. The summed E-state index contributed by atoms with van der Waals surface area (Å²) in [4.78, 5) is 40.4. The molecule has 0 saturated heterocycles. The van der Waals surface area contributed by atoms with Gasteiger partial charge in [0.25, 0.3) is 11.8 Å². The third kappa shape index (κ3) is 4.30. The van der Waals surface area contributed by atoms with Gasteiger partial charge in [0.15, 0.2) is 0 Å². The molecule has 1 atom stereocenters. The van der Waals surface area contributed by atoms with E-state index in [2.05, 4.69) is 5.32 Å². The lowest BCUT2D eigenvalue weighted by molar-refractivity contribution is -0.119. The Hall–Kier alpha value is -2.86. The summed E-state index contributed by atoms with van der Waals surface area (Å²) >= 11 is 18.0. The van der Waals surface area contributed by atoms with Gasteiger partial charge in [0.2, 0.25) is 5.91 Å². The van der Waals surface area contributed by atoms with Gasteiger partial charge in [-0.1, -0.05) is 65.1 Å². The highest BCUT2D eigenvalue weighted by molar-refractivity contribution is 6.43. The number of carbonyl (C=O) groups excluding carboxylic acids is 3. The summed E-state index contributed by atoms with van der Waals surface area (Å²) < 4.78 is 0. The van der Waals surface area contributed by atoms with Crippen molar-refractivity contribution in [2.45, 2.75) is 12.5 Å². The van der Waals surface area contributed by atoms with Crippen molar-refractivity contribution in [2.24, 2.45) is 0 Å². The third-order valence-corrected chi connectivity index (χ3v) is 5.93. The average molecular weight is 474 g/mol. The summed E-state index contributed by atoms with van der Waals surface area (Å²) in [5, 5.41) is 3.60. The maximum atomic E-state index is 13.2. The molecular weight excluding hydrogens is 459 g/mol. The molecule has 0 fully saturated rings. The number of hydrogen-bond acceptors (Lipinski definition) is 3. The molecule has 1 heterocycles. The van der Waals surface area contributed by atoms with Crippen LogP contribution in [0.3, 0.4) is 0 Å². The fraction of sp³-hybridized carbons (Fsp3) is 0.0870. The summed E-state index contributed by atoms with van der Waals surface area (Å²) in [6, 6.07) is 17.3. The molecule has 3 aromatic carbocycles. The van der Waals surface area contributed by atoms with Crippen molar-refractivity contribution in [1.29, 1.82) is 0 Å². The summed E-state index contributed by atoms with van der Waals surface area (Å²) in [5.41, 5.74) is 1.54. The van der Waals surface area contributed by atoms with Gasteiger partial charge in [-0.2, -0.15) is 0 Å². The third-order valence-electron chi connectivity index (χ3n) is 4.96. The second-order valence-corrected chi connectivity index (χ2v) is 8.24. The van der Waals surface area contributed by atoms with E-state index in [-0.39, 0.29) is 27.6 Å². The predicted octanol–water partition coefficient (Wildman–Crippen LogP) is 5.49. The maximum absolute atomic E-state index is 13.2. The fourth-order valence-corrected chi connectivity index (χ4v) is 3.89. The zero-order valence-corrected chi connectivity index (χ0v) is 18.2. The van der Waals surface area contributed by atoms with Gasteiger partial charge in [-0.15, -0.1) is 0 Å². The molecule has 0 aromatic heterocycles. The Balaban J connectivity index is 1.70. The lowest BCUT2D eigenvalue weighted by Crippen LogP contribution is -2.48. The topological polar surface area (TPSA) is 66.5 Å². The summed E-state index contributed by atoms with van der Waals surface area (Å²) in [6.07, 6.45) is 0.146. The summed E-state index contributed by atoms with van der Waals surface area (Å²) in [7, 11) is 0. The van der Waals surface area contributed by atoms with Gasteiger partial charge in [-0.05, 0) is 42.0 Å². The molecule has 1 N–H and O–H groups in total. The molecule has 1 aliphatic heterocycles. The van der Waals surface area contributed by atoms with Gasteiger partial charge >= 0.3 is 0 Å². The highest BCUT2D eigenvalue weighted by Crippen LogP contribution is 2.33. The minimum absolute atomic E-state index is 0.122. The number of nitrogens with zero attached hydrogens (tertiary/aromatic N) is 1. The van der Waals surface area contributed by atoms with E-state index >= 15 is 0 Å². The van der Waals surface area contributed by atoms with Crippen molar-refractivity contribution in [3.05, 3.63) is 98.5 Å². The van der Waals surface area contributed by atoms with E-state index in [9.17, 15) is 14.4 Å². The van der Waals surface area contributed by atoms with Crippen LogP contribution in [-0.4, -0.2) is 28.7 Å². The molecule has 3 amide bonds. The number of nitrogens with one attached hydrogen (secondary N) is 1. The van der Waals surface area contributed by atoms with Crippen molar-refractivity contribution >= 4 is 58.2 Å². The van der Waals surface area contributed by atoms with Crippen LogP contribution in [0.5, 0.6) is 0 Å². The fourth-order valence-electron chi connectivity index (χ4n) is 3.43. The first-order valence-electron chi connectivity index (χ1n) is 9.32. The number of anilines is 1. The number of fused-ring (bicyclic) bond motifs is 1. The Morgan fingerprint density at radius 1 is 0.839 bits per heavy atom. The smallest absolute Gasteiger partial charge is 0.262 e. The van der Waals surface area contributed by atoms with E-state index in [1.54, 1.807) is 24.3 Å². The molecule has 0 aliphatic carbocycles. The average Bonchev–Trinajstić information content (AvgIpc) is 2.99. The van der Waals surface area contributed by atoms with Crippen molar-refractivity contribution in [3.8, 4) is 0 Å². The Labute approximate surface area is 193 Å². The van der Waals surface area contributed by atoms with E-state index in [0.29, 0.717) is 10.7 Å². The van der Waals surface area contributed by atoms with Crippen molar-refractivity contribution < 1.29 is 14.4 Å². The Bertz CT molecular complexity index is 1140. The normalized spacial score (nSPS) is 13.8. The number of benzene rings is 3. The van der Waals surface area contributed by atoms with E-state index in [4.69, 9.17) is 34.8 Å². The molecule has 0 saturated carbocycles. The van der Waals surface area contributed by atoms with Crippen LogP contribution >= 0.6 is 34.8 Å². The minimum Gasteiger partial charge on any atom is -0.324 e. The molecule has 3 aromatic rings. The number of rotatable bonds is 5. The standard InChI is InChI=1S/C23H15Cl3N2O3/c24-14-6-8-15(9-7-14)27-21(29)20(10-13-4-2-1-3-5-13)28-22(30)16-11-18(25)19(26)12-17(16)23(28)31/h1-9,11-12,20H,10H2,(H,27,29). The lowest BCUT2D eigenvalue weighted by Gasteiger charge is -2.25. The molecule has 1 aliphatic rings. The van der Waals surface area contributed by atoms with E-state index < -0.39 is 23.8 Å². The van der Waals surface area contributed by atoms with Crippen LogP contribution in [0.4, 0.5) is 5.69 Å². The quantitative estimate of drug-likeness (QED) is 0.498. The van der Waals surface area contributed by atoms with Crippen LogP contribution in [-0.2, 0) is 11.2 Å². The second kappa shape index (κ2) is 8.71. The molecule has 0 radical (unpaired) electrons. The number of halogens is 3. The first-order valence-corrected chi connectivity index (χ1v) is 10.5. The molecule has 156 valence electrons. The number of carbonyl (C=O) groups is 3. The lowest BCUT2D eigenvalue weighted by atomic mass is 10.0. The van der Waals surface area contributed by atoms with Crippen molar-refractivity contribution in [1.82, 2.24) is 4.90 Å². The van der Waals surface area contributed by atoms with E-state index in [1.807, 2.05) is 30.3 Å². The van der Waals surface area contributed by atoms with E-state index in [1.165, 1.54) is 12.1 Å². The first kappa shape index (κ1) is 21.4. The molecule has 5 nitrogen and oxygen atoms in total. The maximum Gasteiger partial charge on any atom is 0.262 e. The van der Waals surface area contributed by atoms with Gasteiger partial charge in [0.05, 0.1) is 21.2 Å². The SMILES string of the molecule is O=C(Nc1ccc(Cl)cc1)C(Cc1ccccc1)N1C(=O)c2cc(Cl)c(Cl)cc2C1=O. The Morgan fingerprint density at radius 2 is 1.39 bits per heavy atom. The van der Waals surface area contributed by atoms with Crippen LogP contribution in [0.15, 0.2) is 66.7 Å². The largest absolute Gasteiger partial charge is 0.324 e. The zero-order valence-electron chi connectivity index (χ0n) is 15.9. The molecule has 4 rings (SSSR count). The first-order chi connectivity index (χ1) is 14.8. The van der Waals surface area contributed by atoms with E-state index in [0.717, 1.165) is 10.5 Å². The number of amides is 3. The van der Waals surface area contributed by atoms with Crippen LogP contribution in [0, 0.1) is 0 Å². The van der Waals surface area contributed by atoms with Gasteiger partial charge in [0.1, 0.15) is 6.04 Å². The van der Waals surface area contributed by atoms with Gasteiger partial charge in [-0.25, -0.2) is 0 Å². The molecule has 0 spiro atoms. The van der Waals surface area contributed by atoms with Gasteiger partial charge in [0, 0.05) is 17.1 Å². The molecule has 0 bridgehead atoms. The van der Waals surface area contributed by atoms with Crippen LogP contribution in [0.2, 0.25) is 15.1 Å². The Morgan fingerprint density at radius 3 is 1.94 bits per heavy atom. The van der Waals surface area contributed by atoms with Crippen LogP contribution in [0.1, 0.15) is 26.3 Å². The van der Waals surface area contributed by atoms with Crippen LogP contribution in [0.25, 0.3) is 0 Å². The van der Waals surface area contributed by atoms with Crippen molar-refractivity contribution in [2.75, 3.05) is 5.32 Å². The zero-order chi connectivity index (χ0) is 22.1.